The number of hydrogen-bond donors (Lipinski definition) is 1. The molecule has 9 heteroatoms. The lowest BCUT2D eigenvalue weighted by Crippen LogP contribution is -2.22. The van der Waals surface area contributed by atoms with Crippen LogP contribution in [0, 0.1) is 0 Å². The monoisotopic (exact) mass is 363 g/mol. The van der Waals surface area contributed by atoms with Gasteiger partial charge in [0.05, 0.1) is 16.8 Å². The minimum absolute atomic E-state index is 0.228. The van der Waals surface area contributed by atoms with Crippen molar-refractivity contribution in [2.24, 2.45) is 0 Å². The van der Waals surface area contributed by atoms with Gasteiger partial charge in [-0.05, 0) is 30.3 Å². The molecule has 0 aliphatic heterocycles. The first kappa shape index (κ1) is 18.6. The van der Waals surface area contributed by atoms with Crippen molar-refractivity contribution in [3.8, 4) is 5.75 Å². The van der Waals surface area contributed by atoms with Gasteiger partial charge in [-0.3, -0.25) is 4.79 Å². The quantitative estimate of drug-likeness (QED) is 0.797. The van der Waals surface area contributed by atoms with Crippen molar-refractivity contribution in [1.82, 2.24) is 0 Å². The summed E-state index contributed by atoms with van der Waals surface area (Å²) in [6.07, 6.45) is -9.24. The third-order valence-electron chi connectivity index (χ3n) is 3.04. The molecule has 2 rings (SSSR count). The number of para-hydroxylation sites is 1. The van der Waals surface area contributed by atoms with Gasteiger partial charge in [-0.2, -0.15) is 26.3 Å². The number of ether oxygens (including phenoxy) is 1. The molecule has 0 saturated carbocycles. The standard InChI is InChI=1S/C16H11F6NO2/c17-15(18,19)10-4-3-5-11(8-10)25-9-14(24)23-13-7-2-1-6-12(13)16(20,21)22/h1-8H,9H2,(H,23,24). The predicted molar refractivity (Wildman–Crippen MR) is 77.0 cm³/mol. The molecule has 1 amide bonds. The summed E-state index contributed by atoms with van der Waals surface area (Å²) in [7, 11) is 0. The van der Waals surface area contributed by atoms with E-state index in [1.165, 1.54) is 12.1 Å². The van der Waals surface area contributed by atoms with E-state index in [0.29, 0.717) is 6.07 Å². The van der Waals surface area contributed by atoms with Crippen LogP contribution in [0.3, 0.4) is 0 Å². The van der Waals surface area contributed by atoms with E-state index in [1.807, 2.05) is 5.32 Å². The average molecular weight is 363 g/mol. The molecule has 0 aliphatic rings. The summed E-state index contributed by atoms with van der Waals surface area (Å²) >= 11 is 0. The Morgan fingerprint density at radius 2 is 1.60 bits per heavy atom. The van der Waals surface area contributed by atoms with Crippen LogP contribution in [0.5, 0.6) is 5.75 Å². The zero-order chi connectivity index (χ0) is 18.7. The molecule has 134 valence electrons. The van der Waals surface area contributed by atoms with Crippen LogP contribution >= 0.6 is 0 Å². The molecule has 0 heterocycles. The van der Waals surface area contributed by atoms with E-state index in [0.717, 1.165) is 30.3 Å². The van der Waals surface area contributed by atoms with Crippen molar-refractivity contribution in [2.45, 2.75) is 12.4 Å². The zero-order valence-corrected chi connectivity index (χ0v) is 12.4. The molecule has 0 aliphatic carbocycles. The topological polar surface area (TPSA) is 38.3 Å². The Morgan fingerprint density at radius 3 is 2.24 bits per heavy atom. The number of carbonyl (C=O) groups excluding carboxylic acids is 1. The maximum absolute atomic E-state index is 12.8. The molecule has 0 spiro atoms. The van der Waals surface area contributed by atoms with E-state index in [-0.39, 0.29) is 5.75 Å². The minimum Gasteiger partial charge on any atom is -0.484 e. The van der Waals surface area contributed by atoms with E-state index >= 15 is 0 Å². The van der Waals surface area contributed by atoms with Gasteiger partial charge in [-0.15, -0.1) is 0 Å². The Morgan fingerprint density at radius 1 is 0.920 bits per heavy atom. The van der Waals surface area contributed by atoms with Gasteiger partial charge in [0.1, 0.15) is 5.75 Å². The van der Waals surface area contributed by atoms with Gasteiger partial charge in [-0.1, -0.05) is 18.2 Å². The Kier molecular flexibility index (Phi) is 5.24. The van der Waals surface area contributed by atoms with E-state index < -0.39 is 41.7 Å². The fraction of sp³-hybridized carbons (Fsp3) is 0.188. The van der Waals surface area contributed by atoms with Crippen LogP contribution in [0.1, 0.15) is 11.1 Å². The van der Waals surface area contributed by atoms with Crippen molar-refractivity contribution in [2.75, 3.05) is 11.9 Å². The number of anilines is 1. The Bertz CT molecular complexity index is 755. The number of nitrogens with one attached hydrogen (secondary N) is 1. The molecule has 0 saturated heterocycles. The average Bonchev–Trinajstić information content (AvgIpc) is 2.52. The molecule has 2 aromatic rings. The van der Waals surface area contributed by atoms with Gasteiger partial charge in [0.2, 0.25) is 0 Å². The number of carbonyl (C=O) groups is 1. The lowest BCUT2D eigenvalue weighted by molar-refractivity contribution is -0.138. The first-order chi connectivity index (χ1) is 11.6. The maximum Gasteiger partial charge on any atom is 0.418 e. The zero-order valence-electron chi connectivity index (χ0n) is 12.4. The molecule has 0 bridgehead atoms. The van der Waals surface area contributed by atoms with Crippen molar-refractivity contribution < 1.29 is 35.9 Å². The lowest BCUT2D eigenvalue weighted by atomic mass is 10.1. The number of halogens is 6. The first-order valence-electron chi connectivity index (χ1n) is 6.83. The molecule has 2 aromatic carbocycles. The van der Waals surface area contributed by atoms with Crippen LogP contribution < -0.4 is 10.1 Å². The van der Waals surface area contributed by atoms with Gasteiger partial charge in [0, 0.05) is 0 Å². The lowest BCUT2D eigenvalue weighted by Gasteiger charge is -2.14. The van der Waals surface area contributed by atoms with Crippen LogP contribution in [0.4, 0.5) is 32.0 Å². The second-order valence-corrected chi connectivity index (χ2v) is 4.91. The fourth-order valence-electron chi connectivity index (χ4n) is 1.94. The molecular formula is C16H11F6NO2. The van der Waals surface area contributed by atoms with E-state index in [4.69, 9.17) is 4.74 Å². The number of benzene rings is 2. The van der Waals surface area contributed by atoms with Gasteiger partial charge >= 0.3 is 12.4 Å². The maximum atomic E-state index is 12.8. The van der Waals surface area contributed by atoms with Gasteiger partial charge in [-0.25, -0.2) is 0 Å². The number of alkyl halides is 6. The van der Waals surface area contributed by atoms with Gasteiger partial charge in [0.15, 0.2) is 6.61 Å². The largest absolute Gasteiger partial charge is 0.484 e. The molecule has 0 fully saturated rings. The Hall–Kier alpha value is -2.71. The van der Waals surface area contributed by atoms with E-state index in [2.05, 4.69) is 0 Å². The van der Waals surface area contributed by atoms with Crippen LogP contribution in [-0.4, -0.2) is 12.5 Å². The summed E-state index contributed by atoms with van der Waals surface area (Å²) in [5.41, 5.74) is -2.47. The van der Waals surface area contributed by atoms with Crippen molar-refractivity contribution in [3.63, 3.8) is 0 Å². The second kappa shape index (κ2) is 7.04. The van der Waals surface area contributed by atoms with E-state index in [9.17, 15) is 31.1 Å². The number of amides is 1. The molecule has 0 unspecified atom stereocenters. The van der Waals surface area contributed by atoms with E-state index in [1.54, 1.807) is 0 Å². The summed E-state index contributed by atoms with van der Waals surface area (Å²) in [6.45, 7) is -0.743. The molecule has 1 N–H and O–H groups in total. The normalized spacial score (nSPS) is 11.9. The number of hydrogen-bond acceptors (Lipinski definition) is 2. The van der Waals surface area contributed by atoms with Crippen molar-refractivity contribution >= 4 is 11.6 Å². The third kappa shape index (κ3) is 5.13. The summed E-state index contributed by atoms with van der Waals surface area (Å²) < 4.78 is 81.1. The highest BCUT2D eigenvalue weighted by atomic mass is 19.4. The molecule has 0 aromatic heterocycles. The highest BCUT2D eigenvalue weighted by molar-refractivity contribution is 5.92. The minimum atomic E-state index is -4.66. The van der Waals surface area contributed by atoms with Crippen LogP contribution in [-0.2, 0) is 17.1 Å². The highest BCUT2D eigenvalue weighted by Crippen LogP contribution is 2.34. The molecule has 0 radical (unpaired) electrons. The second-order valence-electron chi connectivity index (χ2n) is 4.91. The smallest absolute Gasteiger partial charge is 0.418 e. The SMILES string of the molecule is O=C(COc1cccc(C(F)(F)F)c1)Nc1ccccc1C(F)(F)F. The van der Waals surface area contributed by atoms with Crippen LogP contribution in [0.25, 0.3) is 0 Å². The van der Waals surface area contributed by atoms with Crippen molar-refractivity contribution in [1.29, 1.82) is 0 Å². The summed E-state index contributed by atoms with van der Waals surface area (Å²) in [6, 6.07) is 8.13. The summed E-state index contributed by atoms with van der Waals surface area (Å²) in [4.78, 5) is 11.7. The third-order valence-corrected chi connectivity index (χ3v) is 3.04. The van der Waals surface area contributed by atoms with Crippen molar-refractivity contribution in [3.05, 3.63) is 59.7 Å². The first-order valence-corrected chi connectivity index (χ1v) is 6.83. The predicted octanol–water partition coefficient (Wildman–Crippen LogP) is 4.74. The summed E-state index contributed by atoms with van der Waals surface area (Å²) in [5.74, 6) is -1.16. The van der Waals surface area contributed by atoms with Crippen LogP contribution in [0.15, 0.2) is 48.5 Å². The molecule has 0 atom stereocenters. The molecule has 25 heavy (non-hydrogen) atoms. The molecular weight excluding hydrogens is 352 g/mol. The van der Waals surface area contributed by atoms with Gasteiger partial charge in [0.25, 0.3) is 5.91 Å². The fourth-order valence-corrected chi connectivity index (χ4v) is 1.94. The number of rotatable bonds is 4. The van der Waals surface area contributed by atoms with Gasteiger partial charge < -0.3 is 10.1 Å². The molecule has 3 nitrogen and oxygen atoms in total. The Labute approximate surface area is 138 Å². The van der Waals surface area contributed by atoms with Crippen LogP contribution in [0.2, 0.25) is 0 Å². The highest BCUT2D eigenvalue weighted by Gasteiger charge is 2.33. The summed E-state index contributed by atoms with van der Waals surface area (Å²) in [5, 5.41) is 2.03. The Balaban J connectivity index is 2.03.